The Morgan fingerprint density at radius 1 is 1.30 bits per heavy atom. The minimum Gasteiger partial charge on any atom is -0.488 e. The summed E-state index contributed by atoms with van der Waals surface area (Å²) in [6, 6.07) is 13.0. The molecule has 0 unspecified atom stereocenters. The van der Waals surface area contributed by atoms with E-state index < -0.39 is 6.10 Å². The topological polar surface area (TPSA) is 66.1 Å². The molecule has 0 amide bonds. The SMILES string of the molecule is CC[C@@H](O)c1ccccc1OCc1cccnc1C#N. The van der Waals surface area contributed by atoms with Crippen LogP contribution in [0.2, 0.25) is 0 Å². The third-order valence-electron chi connectivity index (χ3n) is 3.05. The van der Waals surface area contributed by atoms with E-state index in [2.05, 4.69) is 4.98 Å². The first-order valence-corrected chi connectivity index (χ1v) is 6.50. The molecule has 1 aromatic heterocycles. The van der Waals surface area contributed by atoms with Crippen LogP contribution >= 0.6 is 0 Å². The molecule has 4 heteroatoms. The molecule has 0 aliphatic rings. The van der Waals surface area contributed by atoms with Crippen molar-refractivity contribution < 1.29 is 9.84 Å². The molecule has 2 rings (SSSR count). The summed E-state index contributed by atoms with van der Waals surface area (Å²) in [6.07, 6.45) is 1.66. The number of para-hydroxylation sites is 1. The fraction of sp³-hybridized carbons (Fsp3) is 0.250. The molecule has 20 heavy (non-hydrogen) atoms. The lowest BCUT2D eigenvalue weighted by Gasteiger charge is -2.15. The second-order valence-electron chi connectivity index (χ2n) is 4.37. The van der Waals surface area contributed by atoms with E-state index in [9.17, 15) is 5.11 Å². The number of rotatable bonds is 5. The Balaban J connectivity index is 2.17. The van der Waals surface area contributed by atoms with Crippen molar-refractivity contribution in [1.82, 2.24) is 4.98 Å². The summed E-state index contributed by atoms with van der Waals surface area (Å²) < 4.78 is 5.74. The van der Waals surface area contributed by atoms with Crippen LogP contribution in [-0.4, -0.2) is 10.1 Å². The normalized spacial score (nSPS) is 11.7. The van der Waals surface area contributed by atoms with Gasteiger partial charge in [0.25, 0.3) is 0 Å². The summed E-state index contributed by atoms with van der Waals surface area (Å²) in [5.41, 5.74) is 1.86. The number of hydrogen-bond acceptors (Lipinski definition) is 4. The quantitative estimate of drug-likeness (QED) is 0.905. The Morgan fingerprint density at radius 3 is 2.85 bits per heavy atom. The predicted molar refractivity (Wildman–Crippen MR) is 75.0 cm³/mol. The van der Waals surface area contributed by atoms with Gasteiger partial charge in [0, 0.05) is 17.3 Å². The largest absolute Gasteiger partial charge is 0.488 e. The number of benzene rings is 1. The molecule has 0 aliphatic carbocycles. The van der Waals surface area contributed by atoms with Crippen LogP contribution in [0.3, 0.4) is 0 Å². The van der Waals surface area contributed by atoms with Gasteiger partial charge in [-0.2, -0.15) is 5.26 Å². The highest BCUT2D eigenvalue weighted by Crippen LogP contribution is 2.27. The van der Waals surface area contributed by atoms with Gasteiger partial charge in [-0.1, -0.05) is 31.2 Å². The molecule has 102 valence electrons. The fourth-order valence-corrected chi connectivity index (χ4v) is 1.92. The maximum Gasteiger partial charge on any atom is 0.147 e. The molecule has 1 N–H and O–H groups in total. The first kappa shape index (κ1) is 14.0. The van der Waals surface area contributed by atoms with E-state index in [1.165, 1.54) is 0 Å². The number of nitrogens with zero attached hydrogens (tertiary/aromatic N) is 2. The first-order chi connectivity index (χ1) is 9.76. The van der Waals surface area contributed by atoms with E-state index in [-0.39, 0.29) is 6.61 Å². The van der Waals surface area contributed by atoms with Gasteiger partial charge in [-0.05, 0) is 18.6 Å². The molecule has 0 spiro atoms. The smallest absolute Gasteiger partial charge is 0.147 e. The molecule has 1 atom stereocenters. The third kappa shape index (κ3) is 3.14. The summed E-state index contributed by atoms with van der Waals surface area (Å²) in [4.78, 5) is 3.99. The standard InChI is InChI=1S/C16H16N2O2/c1-2-15(19)13-7-3-4-8-16(13)20-11-12-6-5-9-18-14(12)10-17/h3-9,15,19H,2,11H2,1H3/t15-/m1/s1. The summed E-state index contributed by atoms with van der Waals surface area (Å²) in [5, 5.41) is 19.0. The maximum absolute atomic E-state index is 9.96. The zero-order chi connectivity index (χ0) is 14.4. The minimum atomic E-state index is -0.546. The molecule has 0 aliphatic heterocycles. The number of nitriles is 1. The van der Waals surface area contributed by atoms with Crippen LogP contribution < -0.4 is 4.74 Å². The van der Waals surface area contributed by atoms with Gasteiger partial charge in [-0.3, -0.25) is 0 Å². The number of hydrogen-bond donors (Lipinski definition) is 1. The predicted octanol–water partition coefficient (Wildman–Crippen LogP) is 2.98. The molecule has 1 heterocycles. The molecule has 1 aromatic carbocycles. The number of aliphatic hydroxyl groups is 1. The number of ether oxygens (including phenoxy) is 1. The molecule has 0 radical (unpaired) electrons. The second kappa shape index (κ2) is 6.69. The van der Waals surface area contributed by atoms with Gasteiger partial charge in [0.2, 0.25) is 0 Å². The van der Waals surface area contributed by atoms with Crippen LogP contribution in [0.5, 0.6) is 5.75 Å². The Labute approximate surface area is 118 Å². The van der Waals surface area contributed by atoms with Crippen LogP contribution in [0, 0.1) is 11.3 Å². The highest BCUT2D eigenvalue weighted by atomic mass is 16.5. The van der Waals surface area contributed by atoms with Crippen molar-refractivity contribution in [3.8, 4) is 11.8 Å². The number of aliphatic hydroxyl groups excluding tert-OH is 1. The van der Waals surface area contributed by atoms with Crippen LogP contribution in [0.15, 0.2) is 42.6 Å². The molecule has 0 fully saturated rings. The van der Waals surface area contributed by atoms with Crippen LogP contribution in [0.25, 0.3) is 0 Å². The van der Waals surface area contributed by atoms with Crippen molar-refractivity contribution in [3.05, 3.63) is 59.4 Å². The Morgan fingerprint density at radius 2 is 2.10 bits per heavy atom. The van der Waals surface area contributed by atoms with Crippen molar-refractivity contribution in [3.63, 3.8) is 0 Å². The molecule has 0 saturated carbocycles. The van der Waals surface area contributed by atoms with E-state index in [1.54, 1.807) is 12.3 Å². The summed E-state index contributed by atoms with van der Waals surface area (Å²) in [5.74, 6) is 0.634. The molecular weight excluding hydrogens is 252 g/mol. The summed E-state index contributed by atoms with van der Waals surface area (Å²) in [7, 11) is 0. The molecule has 2 aromatic rings. The van der Waals surface area contributed by atoms with Gasteiger partial charge < -0.3 is 9.84 Å². The third-order valence-corrected chi connectivity index (χ3v) is 3.05. The Hall–Kier alpha value is -2.38. The summed E-state index contributed by atoms with van der Waals surface area (Å²) >= 11 is 0. The summed E-state index contributed by atoms with van der Waals surface area (Å²) in [6.45, 7) is 2.17. The number of aromatic nitrogens is 1. The monoisotopic (exact) mass is 268 g/mol. The Bertz CT molecular complexity index is 620. The zero-order valence-corrected chi connectivity index (χ0v) is 11.3. The van der Waals surface area contributed by atoms with Gasteiger partial charge in [-0.15, -0.1) is 0 Å². The van der Waals surface area contributed by atoms with E-state index in [0.717, 1.165) is 11.1 Å². The molecule has 0 saturated heterocycles. The lowest BCUT2D eigenvalue weighted by molar-refractivity contribution is 0.166. The van der Waals surface area contributed by atoms with Crippen LogP contribution in [0.4, 0.5) is 0 Å². The van der Waals surface area contributed by atoms with Crippen molar-refractivity contribution >= 4 is 0 Å². The van der Waals surface area contributed by atoms with E-state index in [4.69, 9.17) is 10.00 Å². The lowest BCUT2D eigenvalue weighted by atomic mass is 10.1. The minimum absolute atomic E-state index is 0.254. The van der Waals surface area contributed by atoms with E-state index in [1.807, 2.05) is 43.3 Å². The molecule has 4 nitrogen and oxygen atoms in total. The second-order valence-corrected chi connectivity index (χ2v) is 4.37. The maximum atomic E-state index is 9.96. The lowest BCUT2D eigenvalue weighted by Crippen LogP contribution is -2.04. The molecule has 0 bridgehead atoms. The van der Waals surface area contributed by atoms with E-state index in [0.29, 0.717) is 17.9 Å². The zero-order valence-electron chi connectivity index (χ0n) is 11.3. The highest BCUT2D eigenvalue weighted by molar-refractivity contribution is 5.36. The molecular formula is C16H16N2O2. The van der Waals surface area contributed by atoms with Crippen molar-refractivity contribution in [2.24, 2.45) is 0 Å². The van der Waals surface area contributed by atoms with E-state index >= 15 is 0 Å². The van der Waals surface area contributed by atoms with Gasteiger partial charge in [0.15, 0.2) is 0 Å². The van der Waals surface area contributed by atoms with Crippen LogP contribution in [-0.2, 0) is 6.61 Å². The first-order valence-electron chi connectivity index (χ1n) is 6.50. The van der Waals surface area contributed by atoms with Crippen molar-refractivity contribution in [2.45, 2.75) is 26.1 Å². The van der Waals surface area contributed by atoms with Gasteiger partial charge >= 0.3 is 0 Å². The fourth-order valence-electron chi connectivity index (χ4n) is 1.92. The van der Waals surface area contributed by atoms with Gasteiger partial charge in [0.1, 0.15) is 24.1 Å². The van der Waals surface area contributed by atoms with Crippen molar-refractivity contribution in [2.75, 3.05) is 0 Å². The average Bonchev–Trinajstić information content (AvgIpc) is 2.52. The highest BCUT2D eigenvalue weighted by Gasteiger charge is 2.12. The van der Waals surface area contributed by atoms with Gasteiger partial charge in [0.05, 0.1) is 6.10 Å². The Kier molecular flexibility index (Phi) is 4.70. The van der Waals surface area contributed by atoms with Crippen molar-refractivity contribution in [1.29, 1.82) is 5.26 Å². The number of pyridine rings is 1. The average molecular weight is 268 g/mol. The van der Waals surface area contributed by atoms with Crippen LogP contribution in [0.1, 0.15) is 36.3 Å². The van der Waals surface area contributed by atoms with Gasteiger partial charge in [-0.25, -0.2) is 4.98 Å².